The van der Waals surface area contributed by atoms with Crippen LogP contribution in [0.2, 0.25) is 0 Å². The standard InChI is InChI=1S/C24H21N7/c1-3-5-11-22-25-23(31(28-22)16-6-4-2)17-18-12-14-19(15-13-18)20-9-7-8-10-21(20)24-26-29-30-27-24/h1-2,7-10,12-15H,5-6,11,16-17H2,(H,26,27,29,30). The minimum absolute atomic E-state index is 0.608. The fourth-order valence-electron chi connectivity index (χ4n) is 3.40. The van der Waals surface area contributed by atoms with E-state index in [2.05, 4.69) is 72.9 Å². The number of aromatic amines is 1. The molecule has 0 bridgehead atoms. The van der Waals surface area contributed by atoms with Gasteiger partial charge in [-0.3, -0.25) is 0 Å². The summed E-state index contributed by atoms with van der Waals surface area (Å²) in [5.41, 5.74) is 4.23. The largest absolute Gasteiger partial charge is 0.249 e. The Balaban J connectivity index is 1.57. The number of benzene rings is 2. The van der Waals surface area contributed by atoms with E-state index in [-0.39, 0.29) is 0 Å². The van der Waals surface area contributed by atoms with Crippen molar-refractivity contribution in [1.82, 2.24) is 35.4 Å². The monoisotopic (exact) mass is 407 g/mol. The van der Waals surface area contributed by atoms with Crippen molar-refractivity contribution in [3.8, 4) is 47.2 Å². The van der Waals surface area contributed by atoms with Crippen LogP contribution in [0.4, 0.5) is 0 Å². The first-order valence-electron chi connectivity index (χ1n) is 10.0. The molecule has 0 saturated carbocycles. The highest BCUT2D eigenvalue weighted by Crippen LogP contribution is 2.29. The molecule has 4 aromatic rings. The van der Waals surface area contributed by atoms with Crippen molar-refractivity contribution in [1.29, 1.82) is 0 Å². The molecule has 0 atom stereocenters. The summed E-state index contributed by atoms with van der Waals surface area (Å²) in [5.74, 6) is 7.59. The lowest BCUT2D eigenvalue weighted by molar-refractivity contribution is 0.593. The first kappa shape index (κ1) is 20.1. The van der Waals surface area contributed by atoms with E-state index in [4.69, 9.17) is 12.8 Å². The third-order valence-corrected chi connectivity index (χ3v) is 4.91. The Hall–Kier alpha value is -4.23. The summed E-state index contributed by atoms with van der Waals surface area (Å²) in [4.78, 5) is 4.69. The van der Waals surface area contributed by atoms with Crippen LogP contribution in [0.5, 0.6) is 0 Å². The minimum atomic E-state index is 0.608. The normalized spacial score (nSPS) is 10.5. The Bertz CT molecular complexity index is 1220. The van der Waals surface area contributed by atoms with E-state index in [1.807, 2.05) is 22.9 Å². The molecule has 0 spiro atoms. The summed E-state index contributed by atoms with van der Waals surface area (Å²) in [5, 5.41) is 18.8. The van der Waals surface area contributed by atoms with Gasteiger partial charge >= 0.3 is 0 Å². The molecule has 2 heterocycles. The van der Waals surface area contributed by atoms with Crippen LogP contribution in [0.3, 0.4) is 0 Å². The van der Waals surface area contributed by atoms with E-state index in [1.54, 1.807) is 0 Å². The van der Waals surface area contributed by atoms with Crippen molar-refractivity contribution < 1.29 is 0 Å². The fraction of sp³-hybridized carbons (Fsp3) is 0.208. The van der Waals surface area contributed by atoms with Crippen LogP contribution in [-0.4, -0.2) is 35.4 Å². The maximum atomic E-state index is 5.43. The van der Waals surface area contributed by atoms with Crippen LogP contribution in [-0.2, 0) is 19.4 Å². The maximum absolute atomic E-state index is 5.43. The van der Waals surface area contributed by atoms with Gasteiger partial charge in [0.05, 0.1) is 6.54 Å². The van der Waals surface area contributed by atoms with Gasteiger partial charge in [-0.1, -0.05) is 48.5 Å². The van der Waals surface area contributed by atoms with Crippen LogP contribution in [0.15, 0.2) is 48.5 Å². The average Bonchev–Trinajstić information content (AvgIpc) is 3.47. The van der Waals surface area contributed by atoms with Crippen molar-refractivity contribution in [2.75, 3.05) is 0 Å². The number of tetrazole rings is 1. The number of rotatable bonds is 8. The number of nitrogens with zero attached hydrogens (tertiary/aromatic N) is 6. The van der Waals surface area contributed by atoms with E-state index in [9.17, 15) is 0 Å². The van der Waals surface area contributed by atoms with Crippen LogP contribution >= 0.6 is 0 Å². The zero-order valence-corrected chi connectivity index (χ0v) is 17.0. The smallest absolute Gasteiger partial charge is 0.180 e. The highest BCUT2D eigenvalue weighted by molar-refractivity contribution is 5.80. The fourth-order valence-corrected chi connectivity index (χ4v) is 3.40. The predicted octanol–water partition coefficient (Wildman–Crippen LogP) is 3.31. The molecular weight excluding hydrogens is 386 g/mol. The summed E-state index contributed by atoms with van der Waals surface area (Å²) in [6.45, 7) is 0.644. The molecule has 2 aromatic carbocycles. The van der Waals surface area contributed by atoms with Crippen molar-refractivity contribution in [3.63, 3.8) is 0 Å². The first-order valence-corrected chi connectivity index (χ1v) is 10.0. The van der Waals surface area contributed by atoms with E-state index in [0.29, 0.717) is 38.1 Å². The molecule has 4 rings (SSSR count). The lowest BCUT2D eigenvalue weighted by Gasteiger charge is -2.09. The predicted molar refractivity (Wildman–Crippen MR) is 118 cm³/mol. The highest BCUT2D eigenvalue weighted by atomic mass is 15.5. The third-order valence-electron chi connectivity index (χ3n) is 4.91. The molecule has 31 heavy (non-hydrogen) atoms. The molecule has 0 unspecified atom stereocenters. The molecule has 0 aliphatic heterocycles. The zero-order chi connectivity index (χ0) is 21.5. The molecular formula is C24H21N7. The lowest BCUT2D eigenvalue weighted by atomic mass is 9.98. The molecule has 0 amide bonds. The second-order valence-electron chi connectivity index (χ2n) is 6.99. The molecule has 0 saturated heterocycles. The Morgan fingerprint density at radius 1 is 0.935 bits per heavy atom. The summed E-state index contributed by atoms with van der Waals surface area (Å²) in [7, 11) is 0. The molecule has 0 fully saturated rings. The molecule has 152 valence electrons. The number of aryl methyl sites for hydroxylation is 2. The SMILES string of the molecule is C#CCCc1nc(Cc2ccc(-c3ccccc3-c3nnn[nH]3)cc2)n(CCC#C)n1. The van der Waals surface area contributed by atoms with Crippen LogP contribution < -0.4 is 0 Å². The van der Waals surface area contributed by atoms with Crippen molar-refractivity contribution in [3.05, 3.63) is 65.7 Å². The number of aromatic nitrogens is 7. The zero-order valence-electron chi connectivity index (χ0n) is 17.0. The molecule has 7 heteroatoms. The van der Waals surface area contributed by atoms with Gasteiger partial charge in [0.15, 0.2) is 11.6 Å². The van der Waals surface area contributed by atoms with Gasteiger partial charge < -0.3 is 0 Å². The Labute approximate surface area is 180 Å². The van der Waals surface area contributed by atoms with Crippen molar-refractivity contribution in [2.45, 2.75) is 32.2 Å². The van der Waals surface area contributed by atoms with Crippen LogP contribution in [0.1, 0.15) is 30.1 Å². The van der Waals surface area contributed by atoms with Crippen LogP contribution in [0.25, 0.3) is 22.5 Å². The lowest BCUT2D eigenvalue weighted by Crippen LogP contribution is -2.06. The topological polar surface area (TPSA) is 85.2 Å². The number of nitrogens with one attached hydrogen (secondary N) is 1. The average molecular weight is 407 g/mol. The van der Waals surface area contributed by atoms with Crippen LogP contribution in [0, 0.1) is 24.7 Å². The molecule has 2 aromatic heterocycles. The van der Waals surface area contributed by atoms with Gasteiger partial charge in [-0.05, 0) is 27.1 Å². The summed E-state index contributed by atoms with van der Waals surface area (Å²) < 4.78 is 1.89. The van der Waals surface area contributed by atoms with E-state index in [0.717, 1.165) is 33.9 Å². The second kappa shape index (κ2) is 9.51. The minimum Gasteiger partial charge on any atom is -0.249 e. The van der Waals surface area contributed by atoms with Gasteiger partial charge in [0.1, 0.15) is 5.82 Å². The van der Waals surface area contributed by atoms with Gasteiger partial charge in [0.2, 0.25) is 0 Å². The quantitative estimate of drug-likeness (QED) is 0.453. The molecule has 1 N–H and O–H groups in total. The Morgan fingerprint density at radius 2 is 1.71 bits per heavy atom. The van der Waals surface area contributed by atoms with Gasteiger partial charge in [0.25, 0.3) is 0 Å². The Kier molecular flexibility index (Phi) is 6.16. The maximum Gasteiger partial charge on any atom is 0.180 e. The third kappa shape index (κ3) is 4.68. The van der Waals surface area contributed by atoms with Crippen molar-refractivity contribution >= 4 is 0 Å². The van der Waals surface area contributed by atoms with E-state index in [1.165, 1.54) is 0 Å². The molecule has 0 aliphatic carbocycles. The highest BCUT2D eigenvalue weighted by Gasteiger charge is 2.12. The number of terminal acetylenes is 2. The molecule has 0 aliphatic rings. The van der Waals surface area contributed by atoms with Gasteiger partial charge in [0, 0.05) is 31.2 Å². The summed E-state index contributed by atoms with van der Waals surface area (Å²) in [6.07, 6.45) is 13.4. The number of H-pyrrole nitrogens is 1. The first-order chi connectivity index (χ1) is 15.3. The van der Waals surface area contributed by atoms with Gasteiger partial charge in [-0.15, -0.1) is 29.8 Å². The van der Waals surface area contributed by atoms with Crippen molar-refractivity contribution in [2.24, 2.45) is 0 Å². The van der Waals surface area contributed by atoms with Gasteiger partial charge in [-0.2, -0.15) is 5.10 Å². The Morgan fingerprint density at radius 3 is 2.42 bits per heavy atom. The number of hydrogen-bond donors (Lipinski definition) is 1. The molecule has 7 nitrogen and oxygen atoms in total. The summed E-state index contributed by atoms with van der Waals surface area (Å²) in [6, 6.07) is 16.4. The van der Waals surface area contributed by atoms with E-state index >= 15 is 0 Å². The van der Waals surface area contributed by atoms with Gasteiger partial charge in [-0.25, -0.2) is 14.8 Å². The van der Waals surface area contributed by atoms with E-state index < -0.39 is 0 Å². The second-order valence-corrected chi connectivity index (χ2v) is 6.99. The summed E-state index contributed by atoms with van der Waals surface area (Å²) >= 11 is 0. The number of hydrogen-bond acceptors (Lipinski definition) is 5. The molecule has 0 radical (unpaired) electrons.